The maximum atomic E-state index is 10.7. The van der Waals surface area contributed by atoms with Crippen molar-refractivity contribution in [3.05, 3.63) is 33.9 Å². The Kier molecular flexibility index (Phi) is 3.81. The van der Waals surface area contributed by atoms with Gasteiger partial charge in [-0.05, 0) is 31.7 Å². The molecule has 18 heavy (non-hydrogen) atoms. The van der Waals surface area contributed by atoms with Crippen LogP contribution >= 0.6 is 0 Å². The molecule has 1 aliphatic rings. The summed E-state index contributed by atoms with van der Waals surface area (Å²) in [7, 11) is 0. The molecule has 1 saturated carbocycles. The predicted octanol–water partition coefficient (Wildman–Crippen LogP) is 2.83. The van der Waals surface area contributed by atoms with Crippen LogP contribution in [0, 0.1) is 16.0 Å². The summed E-state index contributed by atoms with van der Waals surface area (Å²) in [6.07, 6.45) is 2.83. The van der Waals surface area contributed by atoms with E-state index in [0.717, 1.165) is 0 Å². The van der Waals surface area contributed by atoms with Crippen LogP contribution in [0.15, 0.2) is 18.2 Å². The van der Waals surface area contributed by atoms with Crippen molar-refractivity contribution >= 4 is 5.69 Å². The molecule has 5 nitrogen and oxygen atoms in total. The van der Waals surface area contributed by atoms with Gasteiger partial charge < -0.3 is 9.84 Å². The molecule has 2 rings (SSSR count). The van der Waals surface area contributed by atoms with Crippen molar-refractivity contribution in [3.63, 3.8) is 0 Å². The molecule has 0 spiro atoms. The van der Waals surface area contributed by atoms with Crippen molar-refractivity contribution < 1.29 is 14.8 Å². The number of aliphatic hydroxyl groups excluding tert-OH is 1. The van der Waals surface area contributed by atoms with E-state index in [-0.39, 0.29) is 5.69 Å². The number of benzene rings is 1. The molecule has 0 aliphatic heterocycles. The van der Waals surface area contributed by atoms with Gasteiger partial charge >= 0.3 is 0 Å². The van der Waals surface area contributed by atoms with Crippen molar-refractivity contribution in [2.75, 3.05) is 6.61 Å². The van der Waals surface area contributed by atoms with Crippen LogP contribution in [0.4, 0.5) is 5.69 Å². The molecule has 98 valence electrons. The summed E-state index contributed by atoms with van der Waals surface area (Å²) < 4.78 is 5.65. The number of nitro benzene ring substituents is 1. The monoisotopic (exact) mass is 251 g/mol. The van der Waals surface area contributed by atoms with Gasteiger partial charge in [-0.2, -0.15) is 0 Å². The molecular weight excluding hydrogens is 234 g/mol. The first kappa shape index (κ1) is 12.8. The molecule has 1 aromatic rings. The maximum absolute atomic E-state index is 10.7. The number of rotatable bonds is 5. The highest BCUT2D eigenvalue weighted by Crippen LogP contribution is 2.32. The largest absolute Gasteiger partial charge is 0.493 e. The van der Waals surface area contributed by atoms with Gasteiger partial charge in [-0.25, -0.2) is 0 Å². The fourth-order valence-corrected chi connectivity index (χ4v) is 1.97. The quantitative estimate of drug-likeness (QED) is 0.645. The fraction of sp³-hybridized carbons (Fsp3) is 0.538. The Morgan fingerprint density at radius 1 is 1.56 bits per heavy atom. The van der Waals surface area contributed by atoms with Gasteiger partial charge in [0.1, 0.15) is 5.75 Å². The SMILES string of the molecule is C[C@@H](O)c1cc([N+](=O)[O-])ccc1OCC1CCC1. The molecule has 0 radical (unpaired) electrons. The van der Waals surface area contributed by atoms with Crippen molar-refractivity contribution in [2.45, 2.75) is 32.3 Å². The molecule has 5 heteroatoms. The lowest BCUT2D eigenvalue weighted by Gasteiger charge is -2.25. The van der Waals surface area contributed by atoms with Gasteiger partial charge in [0.2, 0.25) is 0 Å². The van der Waals surface area contributed by atoms with E-state index in [9.17, 15) is 15.2 Å². The van der Waals surface area contributed by atoms with Gasteiger partial charge in [0.15, 0.2) is 0 Å². The number of nitrogens with zero attached hydrogens (tertiary/aromatic N) is 1. The van der Waals surface area contributed by atoms with Crippen LogP contribution in [-0.4, -0.2) is 16.6 Å². The van der Waals surface area contributed by atoms with Gasteiger partial charge in [0.05, 0.1) is 17.6 Å². The Hall–Kier alpha value is -1.62. The second kappa shape index (κ2) is 5.35. The summed E-state index contributed by atoms with van der Waals surface area (Å²) in [6, 6.07) is 4.35. The third kappa shape index (κ3) is 2.79. The third-order valence-corrected chi connectivity index (χ3v) is 3.35. The van der Waals surface area contributed by atoms with Crippen molar-refractivity contribution in [1.29, 1.82) is 0 Å². The van der Waals surface area contributed by atoms with Crippen LogP contribution in [0.1, 0.15) is 37.9 Å². The molecule has 1 atom stereocenters. The molecule has 0 aromatic heterocycles. The Bertz CT molecular complexity index is 441. The number of hydrogen-bond acceptors (Lipinski definition) is 4. The lowest BCUT2D eigenvalue weighted by Crippen LogP contribution is -2.19. The molecule has 1 aromatic carbocycles. The smallest absolute Gasteiger partial charge is 0.270 e. The Balaban J connectivity index is 2.14. The van der Waals surface area contributed by atoms with E-state index in [4.69, 9.17) is 4.74 Å². The van der Waals surface area contributed by atoms with Gasteiger partial charge in [0.25, 0.3) is 5.69 Å². The molecule has 0 unspecified atom stereocenters. The number of hydrogen-bond donors (Lipinski definition) is 1. The highest BCUT2D eigenvalue weighted by molar-refractivity contribution is 5.44. The van der Waals surface area contributed by atoms with E-state index >= 15 is 0 Å². The van der Waals surface area contributed by atoms with Crippen molar-refractivity contribution in [1.82, 2.24) is 0 Å². The minimum Gasteiger partial charge on any atom is -0.493 e. The van der Waals surface area contributed by atoms with Gasteiger partial charge in [-0.3, -0.25) is 10.1 Å². The number of non-ortho nitro benzene ring substituents is 1. The van der Waals surface area contributed by atoms with Gasteiger partial charge in [-0.15, -0.1) is 0 Å². The number of nitro groups is 1. The summed E-state index contributed by atoms with van der Waals surface area (Å²) in [6.45, 7) is 2.20. The molecule has 1 fully saturated rings. The first-order chi connectivity index (χ1) is 8.58. The summed E-state index contributed by atoms with van der Waals surface area (Å²) >= 11 is 0. The van der Waals surface area contributed by atoms with Crippen LogP contribution in [0.3, 0.4) is 0 Å². The lowest BCUT2D eigenvalue weighted by molar-refractivity contribution is -0.385. The molecule has 1 N–H and O–H groups in total. The Morgan fingerprint density at radius 2 is 2.28 bits per heavy atom. The lowest BCUT2D eigenvalue weighted by atomic mass is 9.86. The van der Waals surface area contributed by atoms with Crippen LogP contribution in [-0.2, 0) is 0 Å². The van der Waals surface area contributed by atoms with Gasteiger partial charge in [0, 0.05) is 17.7 Å². The van der Waals surface area contributed by atoms with E-state index in [1.807, 2.05) is 0 Å². The van der Waals surface area contributed by atoms with Crippen LogP contribution in [0.2, 0.25) is 0 Å². The minimum atomic E-state index is -0.777. The molecule has 1 aliphatic carbocycles. The van der Waals surface area contributed by atoms with Crippen molar-refractivity contribution in [2.24, 2.45) is 5.92 Å². The highest BCUT2D eigenvalue weighted by atomic mass is 16.6. The highest BCUT2D eigenvalue weighted by Gasteiger charge is 2.20. The predicted molar refractivity (Wildman–Crippen MR) is 66.6 cm³/mol. The molecule has 0 saturated heterocycles. The van der Waals surface area contributed by atoms with Crippen molar-refractivity contribution in [3.8, 4) is 5.75 Å². The standard InChI is InChI=1S/C13H17NO4/c1-9(15)12-7-11(14(16)17)5-6-13(12)18-8-10-3-2-4-10/h5-7,9-10,15H,2-4,8H2,1H3/t9-/m1/s1. The van der Waals surface area contributed by atoms with Crippen LogP contribution < -0.4 is 4.74 Å². The average molecular weight is 251 g/mol. The first-order valence-electron chi connectivity index (χ1n) is 6.17. The van der Waals surface area contributed by atoms with Crippen LogP contribution in [0.25, 0.3) is 0 Å². The first-order valence-corrected chi connectivity index (χ1v) is 6.17. The second-order valence-electron chi connectivity index (χ2n) is 4.76. The number of aliphatic hydroxyl groups is 1. The van der Waals surface area contributed by atoms with E-state index in [2.05, 4.69) is 0 Å². The van der Waals surface area contributed by atoms with E-state index in [1.165, 1.54) is 31.4 Å². The molecule has 0 heterocycles. The fourth-order valence-electron chi connectivity index (χ4n) is 1.97. The molecule has 0 amide bonds. The van der Waals surface area contributed by atoms with E-state index < -0.39 is 11.0 Å². The zero-order chi connectivity index (χ0) is 13.1. The second-order valence-corrected chi connectivity index (χ2v) is 4.76. The normalized spacial score (nSPS) is 17.0. The van der Waals surface area contributed by atoms with E-state index in [0.29, 0.717) is 23.8 Å². The summed E-state index contributed by atoms with van der Waals surface area (Å²) in [5, 5.41) is 20.3. The Labute approximate surface area is 106 Å². The minimum absolute atomic E-state index is 0.0260. The zero-order valence-corrected chi connectivity index (χ0v) is 10.3. The zero-order valence-electron chi connectivity index (χ0n) is 10.3. The number of ether oxygens (including phenoxy) is 1. The molecule has 0 bridgehead atoms. The molecular formula is C13H17NO4. The van der Waals surface area contributed by atoms with Crippen LogP contribution in [0.5, 0.6) is 5.75 Å². The average Bonchev–Trinajstić information content (AvgIpc) is 2.26. The third-order valence-electron chi connectivity index (χ3n) is 3.35. The Morgan fingerprint density at radius 3 is 2.78 bits per heavy atom. The van der Waals surface area contributed by atoms with Gasteiger partial charge in [-0.1, -0.05) is 6.42 Å². The summed E-state index contributed by atoms with van der Waals surface area (Å²) in [4.78, 5) is 10.2. The maximum Gasteiger partial charge on any atom is 0.270 e. The summed E-state index contributed by atoms with van der Waals surface area (Å²) in [5.41, 5.74) is 0.449. The van der Waals surface area contributed by atoms with E-state index in [1.54, 1.807) is 13.0 Å². The topological polar surface area (TPSA) is 72.6 Å². The summed E-state index contributed by atoms with van der Waals surface area (Å²) in [5.74, 6) is 1.13.